The molecule has 1 fully saturated rings. The summed E-state index contributed by atoms with van der Waals surface area (Å²) >= 11 is 1.64. The topological polar surface area (TPSA) is 70.2 Å². The monoisotopic (exact) mass is 361 g/mol. The average Bonchev–Trinajstić information content (AvgIpc) is 3.35. The van der Waals surface area contributed by atoms with Crippen molar-refractivity contribution in [2.75, 3.05) is 0 Å². The van der Waals surface area contributed by atoms with Crippen LogP contribution < -0.4 is 5.73 Å². The van der Waals surface area contributed by atoms with Crippen LogP contribution in [0.2, 0.25) is 0 Å². The summed E-state index contributed by atoms with van der Waals surface area (Å²) in [5.74, 6) is 0.0740. The number of hydrogen-bond donors (Lipinski definition) is 2. The van der Waals surface area contributed by atoms with E-state index < -0.39 is 6.17 Å². The van der Waals surface area contributed by atoms with Crippen molar-refractivity contribution < 1.29 is 9.18 Å². The maximum atomic E-state index is 13.8. The lowest BCUT2D eigenvalue weighted by molar-refractivity contribution is -0.130. The molecule has 4 unspecified atom stereocenters. The first-order chi connectivity index (χ1) is 12.1. The molecule has 0 aromatic rings. The van der Waals surface area contributed by atoms with Crippen LogP contribution in [0.25, 0.3) is 0 Å². The first-order valence-electron chi connectivity index (χ1n) is 9.07. The second kappa shape index (κ2) is 6.63. The lowest BCUT2D eigenvalue weighted by Crippen LogP contribution is -2.45. The molecule has 3 N–H and O–H groups in total. The predicted octanol–water partition coefficient (Wildman–Crippen LogP) is 3.31. The molecule has 134 valence electrons. The maximum Gasteiger partial charge on any atom is 0.251 e. The van der Waals surface area contributed by atoms with Crippen LogP contribution in [0, 0.1) is 11.3 Å². The molecule has 6 heteroatoms. The van der Waals surface area contributed by atoms with E-state index >= 15 is 0 Å². The van der Waals surface area contributed by atoms with Crippen LogP contribution in [0.1, 0.15) is 38.5 Å². The molecule has 0 saturated heterocycles. The Hall–Kier alpha value is -1.56. The van der Waals surface area contributed by atoms with Crippen molar-refractivity contribution in [1.29, 1.82) is 5.41 Å². The highest BCUT2D eigenvalue weighted by molar-refractivity contribution is 8.03. The number of halogens is 1. The van der Waals surface area contributed by atoms with Crippen molar-refractivity contribution in [2.45, 2.75) is 62.0 Å². The largest absolute Gasteiger partial charge is 0.402 e. The Labute approximate surface area is 151 Å². The van der Waals surface area contributed by atoms with Gasteiger partial charge in [0.05, 0.1) is 0 Å². The number of hydrogen-bond acceptors (Lipinski definition) is 4. The molecule has 4 rings (SSSR count). The SMILES string of the molecule is N=CC1=C(N)CCC(N(C(=O)C2=CSC3C=CC(F)CC23)C2CC2)C1. The van der Waals surface area contributed by atoms with E-state index in [-0.39, 0.29) is 23.1 Å². The Morgan fingerprint density at radius 1 is 1.32 bits per heavy atom. The lowest BCUT2D eigenvalue weighted by Gasteiger charge is -2.37. The molecule has 0 radical (unpaired) electrons. The summed E-state index contributed by atoms with van der Waals surface area (Å²) < 4.78 is 13.8. The highest BCUT2D eigenvalue weighted by atomic mass is 32.2. The van der Waals surface area contributed by atoms with E-state index in [9.17, 15) is 9.18 Å². The predicted molar refractivity (Wildman–Crippen MR) is 99.1 cm³/mol. The molecule has 0 aromatic carbocycles. The van der Waals surface area contributed by atoms with Crippen molar-refractivity contribution in [3.63, 3.8) is 0 Å². The highest BCUT2D eigenvalue weighted by Gasteiger charge is 2.44. The van der Waals surface area contributed by atoms with Gasteiger partial charge < -0.3 is 16.0 Å². The minimum atomic E-state index is -0.951. The van der Waals surface area contributed by atoms with Crippen molar-refractivity contribution >= 4 is 23.9 Å². The third-order valence-electron chi connectivity index (χ3n) is 5.74. The van der Waals surface area contributed by atoms with Crippen molar-refractivity contribution in [1.82, 2.24) is 4.90 Å². The van der Waals surface area contributed by atoms with Gasteiger partial charge in [-0.15, -0.1) is 11.8 Å². The molecule has 1 heterocycles. The molecule has 4 nitrogen and oxygen atoms in total. The summed E-state index contributed by atoms with van der Waals surface area (Å²) in [7, 11) is 0. The minimum absolute atomic E-state index is 0.00911. The normalized spacial score (nSPS) is 34.5. The lowest BCUT2D eigenvalue weighted by atomic mass is 9.85. The summed E-state index contributed by atoms with van der Waals surface area (Å²) in [6.07, 6.45) is 8.67. The van der Waals surface area contributed by atoms with Gasteiger partial charge in [-0.3, -0.25) is 4.79 Å². The molecule has 4 atom stereocenters. The van der Waals surface area contributed by atoms with Crippen molar-refractivity contribution in [3.8, 4) is 0 Å². The number of allylic oxidation sites excluding steroid dienone is 2. The van der Waals surface area contributed by atoms with Crippen LogP contribution in [0.3, 0.4) is 0 Å². The van der Waals surface area contributed by atoms with Crippen LogP contribution in [0.4, 0.5) is 4.39 Å². The smallest absolute Gasteiger partial charge is 0.251 e. The Morgan fingerprint density at radius 2 is 2.12 bits per heavy atom. The molecule has 4 aliphatic rings. The standard InChI is InChI=1S/C19H24FN3OS/c20-12-1-6-18-15(8-12)16(10-25-18)19(24)23(13-2-3-13)14-4-5-17(22)11(7-14)9-21/h1,6,9-10,12-15,18,21H,2-5,7-8,22H2. The third kappa shape index (κ3) is 3.16. The van der Waals surface area contributed by atoms with Gasteiger partial charge in [-0.05, 0) is 49.5 Å². The summed E-state index contributed by atoms with van der Waals surface area (Å²) in [6, 6.07) is 0.406. The van der Waals surface area contributed by atoms with Crippen LogP contribution in [-0.2, 0) is 4.79 Å². The molecular weight excluding hydrogens is 337 g/mol. The Morgan fingerprint density at radius 3 is 2.84 bits per heavy atom. The fraction of sp³-hybridized carbons (Fsp3) is 0.579. The number of thioether (sulfide) groups is 1. The zero-order valence-corrected chi connectivity index (χ0v) is 15.0. The summed E-state index contributed by atoms with van der Waals surface area (Å²) in [5.41, 5.74) is 8.42. The number of carbonyl (C=O) groups is 1. The average molecular weight is 361 g/mol. The van der Waals surface area contributed by atoms with E-state index in [4.69, 9.17) is 11.1 Å². The third-order valence-corrected chi connectivity index (χ3v) is 6.93. The van der Waals surface area contributed by atoms with E-state index in [0.29, 0.717) is 18.9 Å². The Balaban J connectivity index is 1.55. The van der Waals surface area contributed by atoms with E-state index in [2.05, 4.69) is 0 Å². The first kappa shape index (κ1) is 16.9. The zero-order valence-electron chi connectivity index (χ0n) is 14.2. The molecule has 1 saturated carbocycles. The number of rotatable bonds is 4. The molecular formula is C19H24FN3OS. The molecule has 0 spiro atoms. The van der Waals surface area contributed by atoms with Crippen LogP contribution in [-0.4, -0.2) is 40.5 Å². The maximum absolute atomic E-state index is 13.8. The van der Waals surface area contributed by atoms with E-state index in [1.807, 2.05) is 16.4 Å². The minimum Gasteiger partial charge on any atom is -0.402 e. The highest BCUT2D eigenvalue weighted by Crippen LogP contribution is 2.45. The number of alkyl halides is 1. The number of amides is 1. The number of nitrogens with zero attached hydrogens (tertiary/aromatic N) is 1. The quantitative estimate of drug-likeness (QED) is 0.596. The van der Waals surface area contributed by atoms with E-state index in [1.54, 1.807) is 17.8 Å². The van der Waals surface area contributed by atoms with Crippen LogP contribution in [0.15, 0.2) is 34.4 Å². The van der Waals surface area contributed by atoms with Gasteiger partial charge in [-0.25, -0.2) is 4.39 Å². The Bertz CT molecular complexity index is 682. The second-order valence-corrected chi connectivity index (χ2v) is 8.50. The number of carbonyl (C=O) groups excluding carboxylic acids is 1. The molecule has 3 aliphatic carbocycles. The zero-order chi connectivity index (χ0) is 17.6. The van der Waals surface area contributed by atoms with Gasteiger partial charge in [0.1, 0.15) is 6.17 Å². The van der Waals surface area contributed by atoms with Gasteiger partial charge >= 0.3 is 0 Å². The van der Waals surface area contributed by atoms with Crippen molar-refractivity contribution in [2.24, 2.45) is 11.7 Å². The van der Waals surface area contributed by atoms with Gasteiger partial charge in [0.2, 0.25) is 0 Å². The van der Waals surface area contributed by atoms with Gasteiger partial charge in [0.25, 0.3) is 5.91 Å². The molecule has 0 bridgehead atoms. The van der Waals surface area contributed by atoms with Gasteiger partial charge in [-0.2, -0.15) is 0 Å². The second-order valence-electron chi connectivity index (χ2n) is 7.45. The van der Waals surface area contributed by atoms with Gasteiger partial charge in [-0.1, -0.05) is 12.2 Å². The summed E-state index contributed by atoms with van der Waals surface area (Å²) in [6.45, 7) is 0. The fourth-order valence-electron chi connectivity index (χ4n) is 4.20. The Kier molecular flexibility index (Phi) is 4.48. The van der Waals surface area contributed by atoms with E-state index in [1.165, 1.54) is 6.21 Å². The van der Waals surface area contributed by atoms with Crippen LogP contribution in [0.5, 0.6) is 0 Å². The number of fused-ring (bicyclic) bond motifs is 1. The van der Waals surface area contributed by atoms with Crippen molar-refractivity contribution in [3.05, 3.63) is 34.4 Å². The van der Waals surface area contributed by atoms with Gasteiger partial charge in [0, 0.05) is 40.7 Å². The first-order valence-corrected chi connectivity index (χ1v) is 10.0. The van der Waals surface area contributed by atoms with Gasteiger partial charge in [0.15, 0.2) is 0 Å². The molecule has 1 aliphatic heterocycles. The summed E-state index contributed by atoms with van der Waals surface area (Å²) in [5, 5.41) is 9.73. The molecule has 25 heavy (non-hydrogen) atoms. The fourth-order valence-corrected chi connectivity index (χ4v) is 5.41. The molecule has 0 aromatic heterocycles. The van der Waals surface area contributed by atoms with Crippen LogP contribution >= 0.6 is 11.8 Å². The number of nitrogens with two attached hydrogens (primary N) is 1. The summed E-state index contributed by atoms with van der Waals surface area (Å²) in [4.78, 5) is 15.4. The number of nitrogens with one attached hydrogen (secondary N) is 1. The van der Waals surface area contributed by atoms with E-state index in [0.717, 1.165) is 42.5 Å². The molecule has 1 amide bonds.